The Morgan fingerprint density at radius 3 is 1.66 bits per heavy atom. The molecular weight excluding hydrogens is 639 g/mol. The van der Waals surface area contributed by atoms with Crippen molar-refractivity contribution < 1.29 is 31.1 Å². The smallest absolute Gasteiger partial charge is 0.258 e. The zero-order valence-corrected chi connectivity index (χ0v) is 25.9. The molecule has 234 valence electrons. The van der Waals surface area contributed by atoms with Gasteiger partial charge in [0.15, 0.2) is 0 Å². The Hall–Kier alpha value is -3.76. The van der Waals surface area contributed by atoms with E-state index < -0.39 is 46.7 Å². The third-order valence-corrected chi connectivity index (χ3v) is 10.6. The summed E-state index contributed by atoms with van der Waals surface area (Å²) < 4.78 is 66.8. The third-order valence-electron chi connectivity index (χ3n) is 7.02. The molecule has 0 atom stereocenters. The monoisotopic (exact) mass is 666 g/mol. The van der Waals surface area contributed by atoms with Crippen molar-refractivity contribution in [2.24, 2.45) is 0 Å². The minimum Gasteiger partial charge on any atom is -0.258 e. The molecule has 2 aliphatic rings. The van der Waals surface area contributed by atoms with Crippen LogP contribution in [-0.4, -0.2) is 37.8 Å². The van der Waals surface area contributed by atoms with Crippen molar-refractivity contribution in [2.45, 2.75) is 60.4 Å². The zero-order chi connectivity index (χ0) is 32.5. The van der Waals surface area contributed by atoms with Gasteiger partial charge in [-0.05, 0) is 87.6 Å². The van der Waals surface area contributed by atoms with E-state index >= 15 is 0 Å². The molecule has 0 heterocycles. The lowest BCUT2D eigenvalue weighted by atomic mass is 10.1. The number of halogens is 2. The molecule has 0 amide bonds. The summed E-state index contributed by atoms with van der Waals surface area (Å²) >= 11 is 5.63. The summed E-state index contributed by atoms with van der Waals surface area (Å²) in [5.74, 6) is -0.375. The Morgan fingerprint density at radius 1 is 0.750 bits per heavy atom. The lowest BCUT2D eigenvalue weighted by Crippen LogP contribution is -2.34. The summed E-state index contributed by atoms with van der Waals surface area (Å²) in [5, 5.41) is 22.0. The molecule has 2 aliphatic carbocycles. The molecule has 2 N–H and O–H groups in total. The van der Waals surface area contributed by atoms with Crippen molar-refractivity contribution in [3.8, 4) is 0 Å². The summed E-state index contributed by atoms with van der Waals surface area (Å²) in [6.45, 7) is 3.58. The van der Waals surface area contributed by atoms with E-state index in [1.54, 1.807) is 19.9 Å². The highest BCUT2D eigenvalue weighted by atomic mass is 35.5. The number of nitrogens with one attached hydrogen (secondary N) is 2. The molecule has 3 aromatic rings. The van der Waals surface area contributed by atoms with E-state index in [-0.39, 0.29) is 31.9 Å². The number of nitro groups is 2. The van der Waals surface area contributed by atoms with Crippen molar-refractivity contribution >= 4 is 55.2 Å². The molecule has 3 aromatic carbocycles. The van der Waals surface area contributed by atoms with Crippen LogP contribution >= 0.6 is 11.6 Å². The molecular formula is C28H28ClFN4O8S2. The fourth-order valence-electron chi connectivity index (χ4n) is 3.89. The van der Waals surface area contributed by atoms with Gasteiger partial charge >= 0.3 is 0 Å². The summed E-state index contributed by atoms with van der Waals surface area (Å²) in [4.78, 5) is 20.4. The predicted octanol–water partition coefficient (Wildman–Crippen LogP) is 5.81. The molecule has 12 nitrogen and oxygen atoms in total. The molecule has 0 aliphatic heterocycles. The number of nitrogens with zero attached hydrogens (tertiary/aromatic N) is 2. The first-order chi connectivity index (χ1) is 20.4. The van der Waals surface area contributed by atoms with E-state index in [9.17, 15) is 41.5 Å². The maximum atomic E-state index is 12.9. The van der Waals surface area contributed by atoms with Crippen LogP contribution in [0.25, 0.3) is 12.2 Å². The van der Waals surface area contributed by atoms with Gasteiger partial charge in [0, 0.05) is 23.2 Å². The molecule has 0 spiro atoms. The van der Waals surface area contributed by atoms with Gasteiger partial charge in [0.05, 0.1) is 25.2 Å². The van der Waals surface area contributed by atoms with Crippen LogP contribution in [0.2, 0.25) is 5.02 Å². The lowest BCUT2D eigenvalue weighted by molar-refractivity contribution is -0.385. The summed E-state index contributed by atoms with van der Waals surface area (Å²) in [7, 11) is -7.56. The van der Waals surface area contributed by atoms with Crippen LogP contribution in [0, 0.1) is 26.0 Å². The molecule has 2 fully saturated rings. The molecule has 0 bridgehead atoms. The van der Waals surface area contributed by atoms with Crippen LogP contribution in [0.5, 0.6) is 0 Å². The standard InChI is InChI=1S/C18H17FN2O4S.C10H11ClN2O4S/c1-18(10-11-18)20-26(24,25)16-9-6-14(17(12-16)21(22)23)5-2-13-3-7-15(19)8-4-13;1-10(4-5-10)12-18(16,17)7-2-3-8(11)9(6-7)13(14)15/h2-9,12,20H,10-11H2,1H3;2-3,6,12H,4-5H2,1H3/b5-2+;. The first kappa shape index (κ1) is 33.1. The molecule has 0 unspecified atom stereocenters. The van der Waals surface area contributed by atoms with Crippen LogP contribution in [-0.2, 0) is 20.0 Å². The van der Waals surface area contributed by atoms with Crippen molar-refractivity contribution in [1.82, 2.24) is 9.44 Å². The van der Waals surface area contributed by atoms with E-state index in [1.165, 1.54) is 54.6 Å². The SMILES string of the molecule is CC1(NS(=O)(=O)c2ccc(/C=C/c3ccc(F)cc3)c([N+](=O)[O-])c2)CC1.CC1(NS(=O)(=O)c2ccc(Cl)c([N+](=O)[O-])c2)CC1. The van der Waals surface area contributed by atoms with E-state index in [1.807, 2.05) is 0 Å². The van der Waals surface area contributed by atoms with Crippen LogP contribution in [0.3, 0.4) is 0 Å². The second-order valence-corrected chi connectivity index (χ2v) is 14.8. The Kier molecular flexibility index (Phi) is 9.28. The largest absolute Gasteiger partial charge is 0.289 e. The van der Waals surface area contributed by atoms with E-state index in [0.717, 1.165) is 37.8 Å². The quantitative estimate of drug-likeness (QED) is 0.154. The normalized spacial score (nSPS) is 16.5. The third kappa shape index (κ3) is 8.45. The highest BCUT2D eigenvalue weighted by Gasteiger charge is 2.42. The van der Waals surface area contributed by atoms with Gasteiger partial charge < -0.3 is 0 Å². The Balaban J connectivity index is 0.000000215. The molecule has 0 saturated heterocycles. The summed E-state index contributed by atoms with van der Waals surface area (Å²) in [6, 6.07) is 12.9. The van der Waals surface area contributed by atoms with Crippen molar-refractivity contribution in [3.63, 3.8) is 0 Å². The van der Waals surface area contributed by atoms with Gasteiger partial charge in [0.1, 0.15) is 10.8 Å². The highest BCUT2D eigenvalue weighted by Crippen LogP contribution is 2.37. The van der Waals surface area contributed by atoms with Crippen LogP contribution in [0.4, 0.5) is 15.8 Å². The first-order valence-electron chi connectivity index (χ1n) is 13.2. The molecule has 0 radical (unpaired) electrons. The zero-order valence-electron chi connectivity index (χ0n) is 23.5. The molecule has 5 rings (SSSR count). The predicted molar refractivity (Wildman–Crippen MR) is 162 cm³/mol. The van der Waals surface area contributed by atoms with Crippen molar-refractivity contribution in [3.05, 3.63) is 103 Å². The van der Waals surface area contributed by atoms with Crippen molar-refractivity contribution in [2.75, 3.05) is 0 Å². The number of hydrogen-bond donors (Lipinski definition) is 2. The topological polar surface area (TPSA) is 179 Å². The van der Waals surface area contributed by atoms with E-state index in [4.69, 9.17) is 11.6 Å². The highest BCUT2D eigenvalue weighted by molar-refractivity contribution is 7.89. The van der Waals surface area contributed by atoms with E-state index in [2.05, 4.69) is 9.44 Å². The van der Waals surface area contributed by atoms with E-state index in [0.29, 0.717) is 5.56 Å². The van der Waals surface area contributed by atoms with Crippen LogP contribution in [0.1, 0.15) is 50.7 Å². The molecule has 2 saturated carbocycles. The number of sulfonamides is 2. The number of hydrogen-bond acceptors (Lipinski definition) is 8. The number of nitro benzene ring substituents is 2. The Bertz CT molecular complexity index is 1860. The minimum atomic E-state index is -3.82. The maximum absolute atomic E-state index is 12.9. The van der Waals surface area contributed by atoms with Crippen molar-refractivity contribution in [1.29, 1.82) is 0 Å². The molecule has 16 heteroatoms. The maximum Gasteiger partial charge on any atom is 0.289 e. The number of benzene rings is 3. The Morgan fingerprint density at radius 2 is 1.20 bits per heavy atom. The van der Waals surface area contributed by atoms with Gasteiger partial charge in [-0.25, -0.2) is 30.7 Å². The van der Waals surface area contributed by atoms with Gasteiger partial charge in [-0.1, -0.05) is 29.8 Å². The van der Waals surface area contributed by atoms with Gasteiger partial charge in [-0.15, -0.1) is 0 Å². The number of rotatable bonds is 10. The second kappa shape index (κ2) is 12.3. The Labute approximate surface area is 258 Å². The lowest BCUT2D eigenvalue weighted by Gasteiger charge is -2.12. The first-order valence-corrected chi connectivity index (χ1v) is 16.5. The van der Waals surface area contributed by atoms with Gasteiger partial charge in [0.2, 0.25) is 20.0 Å². The molecule has 44 heavy (non-hydrogen) atoms. The molecule has 0 aromatic heterocycles. The second-order valence-electron chi connectivity index (χ2n) is 11.1. The van der Waals surface area contributed by atoms with Gasteiger partial charge in [-0.3, -0.25) is 20.2 Å². The average Bonchev–Trinajstić information content (AvgIpc) is 3.86. The van der Waals surface area contributed by atoms with Crippen LogP contribution < -0.4 is 9.44 Å². The van der Waals surface area contributed by atoms with Gasteiger partial charge in [-0.2, -0.15) is 0 Å². The average molecular weight is 667 g/mol. The van der Waals surface area contributed by atoms with Crippen LogP contribution in [0.15, 0.2) is 70.5 Å². The summed E-state index contributed by atoms with van der Waals surface area (Å²) in [5.41, 5.74) is -0.688. The summed E-state index contributed by atoms with van der Waals surface area (Å²) in [6.07, 6.45) is 6.11. The fourth-order valence-corrected chi connectivity index (χ4v) is 7.05. The minimum absolute atomic E-state index is 0.0865. The van der Waals surface area contributed by atoms with Gasteiger partial charge in [0.25, 0.3) is 11.4 Å². The fraction of sp³-hybridized carbons (Fsp3) is 0.286.